The maximum atomic E-state index is 14.7. The number of hydrogen-bond acceptors (Lipinski definition) is 6. The van der Waals surface area contributed by atoms with Crippen LogP contribution in [0.2, 0.25) is 0 Å². The number of fused-ring (bicyclic) bond motifs is 1. The monoisotopic (exact) mass is 632 g/mol. The van der Waals surface area contributed by atoms with Crippen LogP contribution in [0.3, 0.4) is 0 Å². The zero-order valence-electron chi connectivity index (χ0n) is 23.5. The fraction of sp³-hybridized carbons (Fsp3) is 0.581. The molecule has 3 unspecified atom stereocenters. The van der Waals surface area contributed by atoms with E-state index < -0.39 is 22.6 Å². The number of benzene rings is 1. The van der Waals surface area contributed by atoms with E-state index in [0.29, 0.717) is 38.8 Å². The van der Waals surface area contributed by atoms with Gasteiger partial charge in [0.1, 0.15) is 6.04 Å². The Hall–Kier alpha value is -2.10. The molecule has 1 aromatic carbocycles. The normalized spacial score (nSPS) is 28.4. The second-order valence-electron chi connectivity index (χ2n) is 11.1. The van der Waals surface area contributed by atoms with Gasteiger partial charge in [0.25, 0.3) is 5.91 Å². The summed E-state index contributed by atoms with van der Waals surface area (Å²) in [6.45, 7) is 12.7. The van der Waals surface area contributed by atoms with Crippen molar-refractivity contribution in [2.45, 2.75) is 73.2 Å². The van der Waals surface area contributed by atoms with Gasteiger partial charge in [-0.25, -0.2) is 0 Å². The van der Waals surface area contributed by atoms with Crippen LogP contribution in [-0.4, -0.2) is 75.0 Å². The molecule has 0 aromatic heterocycles. The topological polar surface area (TPSA) is 87.2 Å². The summed E-state index contributed by atoms with van der Waals surface area (Å²) in [5, 5.41) is 9.15. The molecular formula is C31H41BrN2O5S. The van der Waals surface area contributed by atoms with Crippen LogP contribution in [0.4, 0.5) is 5.69 Å². The Bertz CT molecular complexity index is 1140. The highest BCUT2D eigenvalue weighted by Crippen LogP contribution is 2.68. The number of halogens is 1. The van der Waals surface area contributed by atoms with Crippen LogP contribution in [0.5, 0.6) is 0 Å². The molecular weight excluding hydrogens is 592 g/mol. The molecule has 2 bridgehead atoms. The molecule has 3 saturated heterocycles. The summed E-state index contributed by atoms with van der Waals surface area (Å²) in [6.07, 6.45) is 7.63. The van der Waals surface area contributed by atoms with Gasteiger partial charge in [0, 0.05) is 35.5 Å². The first kappa shape index (κ1) is 30.8. The number of aliphatic hydroxyl groups excluding tert-OH is 1. The number of allylic oxidation sites excluding steroid dienone is 1. The zero-order chi connectivity index (χ0) is 29.0. The molecule has 3 fully saturated rings. The summed E-state index contributed by atoms with van der Waals surface area (Å²) in [4.78, 5) is 45.8. The van der Waals surface area contributed by atoms with Gasteiger partial charge in [0.05, 0.1) is 23.2 Å². The third-order valence-corrected chi connectivity index (χ3v) is 11.6. The first-order chi connectivity index (χ1) is 19.2. The number of carbonyl (C=O) groups excluding carboxylic acids is 3. The number of nitrogens with zero attached hydrogens (tertiary/aromatic N) is 2. The van der Waals surface area contributed by atoms with Crippen LogP contribution < -0.4 is 4.90 Å². The van der Waals surface area contributed by atoms with E-state index in [2.05, 4.69) is 29.1 Å². The highest BCUT2D eigenvalue weighted by molar-refractivity contribution is 9.09. The van der Waals surface area contributed by atoms with Gasteiger partial charge in [-0.15, -0.1) is 24.9 Å². The minimum Gasteiger partial charge on any atom is -0.465 e. The Morgan fingerprint density at radius 3 is 2.70 bits per heavy atom. The molecule has 3 heterocycles. The molecule has 9 heteroatoms. The van der Waals surface area contributed by atoms with Gasteiger partial charge in [0.15, 0.2) is 0 Å². The lowest BCUT2D eigenvalue weighted by Gasteiger charge is -2.38. The van der Waals surface area contributed by atoms with Crippen molar-refractivity contribution in [1.29, 1.82) is 0 Å². The molecule has 3 aliphatic rings. The van der Waals surface area contributed by atoms with E-state index >= 15 is 0 Å². The highest BCUT2D eigenvalue weighted by atomic mass is 79.9. The second-order valence-corrected chi connectivity index (χ2v) is 13.8. The largest absolute Gasteiger partial charge is 0.465 e. The number of rotatable bonds is 14. The Labute approximate surface area is 250 Å². The average molecular weight is 634 g/mol. The van der Waals surface area contributed by atoms with Gasteiger partial charge in [-0.1, -0.05) is 40.2 Å². The summed E-state index contributed by atoms with van der Waals surface area (Å²) in [7, 11) is 0. The van der Waals surface area contributed by atoms with Crippen LogP contribution in [0.15, 0.2) is 43.5 Å². The highest BCUT2D eigenvalue weighted by Gasteiger charge is 2.76. The fourth-order valence-corrected chi connectivity index (χ4v) is 10.2. The molecule has 6 atom stereocenters. The van der Waals surface area contributed by atoms with E-state index in [-0.39, 0.29) is 41.1 Å². The molecule has 1 aromatic rings. The Balaban J connectivity index is 1.73. The van der Waals surface area contributed by atoms with Gasteiger partial charge < -0.3 is 19.6 Å². The number of hydrogen-bond donors (Lipinski definition) is 1. The number of anilines is 1. The first-order valence-electron chi connectivity index (χ1n) is 14.2. The zero-order valence-corrected chi connectivity index (χ0v) is 25.9. The number of amides is 2. The minimum atomic E-state index is -0.730. The molecule has 4 rings (SSSR count). The van der Waals surface area contributed by atoms with E-state index in [0.717, 1.165) is 29.7 Å². The van der Waals surface area contributed by atoms with Gasteiger partial charge in [-0.3, -0.25) is 14.4 Å². The van der Waals surface area contributed by atoms with Crippen molar-refractivity contribution in [2.75, 3.05) is 31.2 Å². The van der Waals surface area contributed by atoms with Crippen LogP contribution in [0.1, 0.15) is 49.7 Å². The number of unbranched alkanes of at least 4 members (excludes halogenated alkanes) is 3. The molecule has 7 nitrogen and oxygen atoms in total. The van der Waals surface area contributed by atoms with Crippen molar-refractivity contribution in [2.24, 2.45) is 11.8 Å². The molecule has 0 radical (unpaired) electrons. The van der Waals surface area contributed by atoms with Crippen molar-refractivity contribution in [3.63, 3.8) is 0 Å². The maximum Gasteiger partial charge on any atom is 0.310 e. The van der Waals surface area contributed by atoms with Gasteiger partial charge in [0.2, 0.25) is 5.91 Å². The number of alkyl halides is 1. The van der Waals surface area contributed by atoms with Crippen LogP contribution in [0.25, 0.3) is 0 Å². The van der Waals surface area contributed by atoms with E-state index in [1.54, 1.807) is 33.7 Å². The van der Waals surface area contributed by atoms with E-state index in [1.165, 1.54) is 0 Å². The van der Waals surface area contributed by atoms with Gasteiger partial charge in [-0.2, -0.15) is 0 Å². The van der Waals surface area contributed by atoms with Crippen molar-refractivity contribution < 1.29 is 24.2 Å². The standard InChI is InChI=1S/C31H41BrN2O5S/c1-5-7-11-17-39-30(38)24-25-28(36)34(15-9-8-10-16-35)27(31(25)19-22(32)26(24)40-31)29(37)33(14-6-2)23-18-20(3)12-13-21(23)4/h5-6,12-13,18,22,24-27,35H,1-2,7-11,14-17,19H2,3-4H3/t22?,24-,25+,26-,27?,31?/m1/s1. The Kier molecular flexibility index (Phi) is 10.2. The lowest BCUT2D eigenvalue weighted by atomic mass is 9.71. The molecule has 0 aliphatic carbocycles. The third kappa shape index (κ3) is 5.66. The van der Waals surface area contributed by atoms with Crippen molar-refractivity contribution in [1.82, 2.24) is 4.90 Å². The number of ether oxygens (including phenoxy) is 1. The number of likely N-dealkylation sites (tertiary alicyclic amines) is 1. The molecule has 1 spiro atoms. The number of aliphatic hydroxyl groups is 1. The van der Waals surface area contributed by atoms with Crippen LogP contribution in [-0.2, 0) is 19.1 Å². The Morgan fingerprint density at radius 1 is 1.23 bits per heavy atom. The molecule has 3 aliphatic heterocycles. The minimum absolute atomic E-state index is 0.00882. The summed E-state index contributed by atoms with van der Waals surface area (Å²) in [5.74, 6) is -1.84. The predicted molar refractivity (Wildman–Crippen MR) is 164 cm³/mol. The third-order valence-electron chi connectivity index (χ3n) is 8.38. The molecule has 1 N–H and O–H groups in total. The van der Waals surface area contributed by atoms with Gasteiger partial charge in [-0.05, 0) is 69.6 Å². The second kappa shape index (κ2) is 13.3. The van der Waals surface area contributed by atoms with Gasteiger partial charge >= 0.3 is 5.97 Å². The number of thioether (sulfide) groups is 1. The van der Waals surface area contributed by atoms with Crippen LogP contribution >= 0.6 is 27.7 Å². The number of esters is 1. The predicted octanol–water partition coefficient (Wildman–Crippen LogP) is 4.96. The van der Waals surface area contributed by atoms with Crippen molar-refractivity contribution in [3.05, 3.63) is 54.6 Å². The smallest absolute Gasteiger partial charge is 0.310 e. The summed E-state index contributed by atoms with van der Waals surface area (Å²) in [6, 6.07) is 5.31. The fourth-order valence-electron chi connectivity index (χ4n) is 6.58. The van der Waals surface area contributed by atoms with Crippen molar-refractivity contribution in [3.8, 4) is 0 Å². The van der Waals surface area contributed by atoms with Crippen LogP contribution in [0, 0.1) is 25.7 Å². The summed E-state index contributed by atoms with van der Waals surface area (Å²) < 4.78 is 4.95. The molecule has 2 amide bonds. The van der Waals surface area contributed by atoms with Crippen molar-refractivity contribution >= 4 is 51.2 Å². The number of aryl methyl sites for hydroxylation is 2. The van der Waals surface area contributed by atoms with E-state index in [1.807, 2.05) is 32.0 Å². The molecule has 218 valence electrons. The lowest BCUT2D eigenvalue weighted by Crippen LogP contribution is -2.55. The Morgan fingerprint density at radius 2 is 2.00 bits per heavy atom. The maximum absolute atomic E-state index is 14.7. The average Bonchev–Trinajstić information content (AvgIpc) is 3.52. The lowest BCUT2D eigenvalue weighted by molar-refractivity contribution is -0.154. The quantitative estimate of drug-likeness (QED) is 0.135. The van der Waals surface area contributed by atoms with E-state index in [9.17, 15) is 19.5 Å². The SMILES string of the molecule is C=CCCCOC(=O)[C@H]1[C@@H]2SC3(CC2Br)C(C(=O)N(CC=C)c2cc(C)ccc2C)N(CCCCCO)C(=O)[C@H]13. The molecule has 40 heavy (non-hydrogen) atoms. The number of carbonyl (C=O) groups is 3. The summed E-state index contributed by atoms with van der Waals surface area (Å²) in [5.41, 5.74) is 2.82. The summed E-state index contributed by atoms with van der Waals surface area (Å²) >= 11 is 5.44. The molecule has 0 saturated carbocycles. The van der Waals surface area contributed by atoms with E-state index in [4.69, 9.17) is 4.74 Å². The first-order valence-corrected chi connectivity index (χ1v) is 16.0.